The van der Waals surface area contributed by atoms with Crippen LogP contribution in [-0.4, -0.2) is 0 Å². The van der Waals surface area contributed by atoms with Crippen LogP contribution in [0.25, 0.3) is 11.1 Å². The van der Waals surface area contributed by atoms with Crippen molar-refractivity contribution >= 4 is 0 Å². The van der Waals surface area contributed by atoms with Crippen LogP contribution >= 0.6 is 0 Å². The van der Waals surface area contributed by atoms with E-state index in [0.717, 1.165) is 18.2 Å². The molecule has 94 valence electrons. The largest absolute Gasteiger partial charge is 0.263 e. The minimum Gasteiger partial charge on any atom is -0.206 e. The van der Waals surface area contributed by atoms with E-state index in [2.05, 4.69) is 0 Å². The van der Waals surface area contributed by atoms with Crippen molar-refractivity contribution in [3.63, 3.8) is 0 Å². The molecule has 0 amide bonds. The molecule has 0 nitrogen and oxygen atoms in total. The average molecular weight is 258 g/mol. The van der Waals surface area contributed by atoms with Crippen molar-refractivity contribution in [1.82, 2.24) is 0 Å². The Hall–Kier alpha value is -1.91. The van der Waals surface area contributed by atoms with Crippen LogP contribution in [0.15, 0.2) is 36.4 Å². The van der Waals surface area contributed by atoms with Crippen molar-refractivity contribution in [2.24, 2.45) is 0 Å². The lowest BCUT2D eigenvalue weighted by molar-refractivity contribution is 0.151. The molecule has 0 aliphatic heterocycles. The molecular weight excluding hydrogens is 251 g/mol. The SMILES string of the molecule is Fc1cc(C(F)F)ccc1-c1cccc(F)c1F. The second kappa shape index (κ2) is 4.76. The van der Waals surface area contributed by atoms with Gasteiger partial charge in [-0.25, -0.2) is 22.0 Å². The molecule has 5 heteroatoms. The molecule has 0 aliphatic carbocycles. The number of alkyl halides is 2. The zero-order valence-corrected chi connectivity index (χ0v) is 8.93. The van der Waals surface area contributed by atoms with Crippen LogP contribution in [0.5, 0.6) is 0 Å². The Kier molecular flexibility index (Phi) is 3.32. The third kappa shape index (κ3) is 2.20. The Labute approximate surface area is 99.7 Å². The van der Waals surface area contributed by atoms with Gasteiger partial charge in [-0.15, -0.1) is 0 Å². The van der Waals surface area contributed by atoms with Crippen molar-refractivity contribution in [1.29, 1.82) is 0 Å². The maximum atomic E-state index is 13.6. The van der Waals surface area contributed by atoms with E-state index in [1.165, 1.54) is 12.1 Å². The van der Waals surface area contributed by atoms with Crippen LogP contribution < -0.4 is 0 Å². The van der Waals surface area contributed by atoms with Gasteiger partial charge in [-0.2, -0.15) is 0 Å². The summed E-state index contributed by atoms with van der Waals surface area (Å²) in [5.74, 6) is -3.34. The van der Waals surface area contributed by atoms with Gasteiger partial charge in [0.15, 0.2) is 11.6 Å². The van der Waals surface area contributed by atoms with Gasteiger partial charge in [0, 0.05) is 16.7 Å². The summed E-state index contributed by atoms with van der Waals surface area (Å²) in [4.78, 5) is 0. The first-order valence-corrected chi connectivity index (χ1v) is 5.02. The predicted molar refractivity (Wildman–Crippen MR) is 56.7 cm³/mol. The van der Waals surface area contributed by atoms with E-state index in [1.807, 2.05) is 0 Å². The number of hydrogen-bond acceptors (Lipinski definition) is 0. The van der Waals surface area contributed by atoms with E-state index < -0.39 is 29.4 Å². The van der Waals surface area contributed by atoms with Gasteiger partial charge in [0.05, 0.1) is 0 Å². The lowest BCUT2D eigenvalue weighted by atomic mass is 10.0. The quantitative estimate of drug-likeness (QED) is 0.684. The summed E-state index contributed by atoms with van der Waals surface area (Å²) in [5, 5.41) is 0. The highest BCUT2D eigenvalue weighted by atomic mass is 19.3. The Morgan fingerprint density at radius 3 is 2.11 bits per heavy atom. The normalized spacial score (nSPS) is 11.0. The Morgan fingerprint density at radius 2 is 1.50 bits per heavy atom. The van der Waals surface area contributed by atoms with Crippen LogP contribution in [0.3, 0.4) is 0 Å². The van der Waals surface area contributed by atoms with Crippen molar-refractivity contribution in [2.45, 2.75) is 6.43 Å². The first-order valence-electron chi connectivity index (χ1n) is 5.02. The highest BCUT2D eigenvalue weighted by Crippen LogP contribution is 2.29. The van der Waals surface area contributed by atoms with Crippen LogP contribution in [-0.2, 0) is 0 Å². The number of hydrogen-bond donors (Lipinski definition) is 0. The molecule has 0 N–H and O–H groups in total. The molecule has 0 saturated carbocycles. The maximum absolute atomic E-state index is 13.6. The van der Waals surface area contributed by atoms with E-state index in [9.17, 15) is 22.0 Å². The van der Waals surface area contributed by atoms with Gasteiger partial charge in [-0.05, 0) is 12.1 Å². The Bertz CT molecular complexity index is 578. The predicted octanol–water partition coefficient (Wildman–Crippen LogP) is 4.71. The van der Waals surface area contributed by atoms with Crippen LogP contribution in [0.4, 0.5) is 22.0 Å². The summed E-state index contributed by atoms with van der Waals surface area (Å²) >= 11 is 0. The van der Waals surface area contributed by atoms with Crippen molar-refractivity contribution in [3.05, 3.63) is 59.4 Å². The monoisotopic (exact) mass is 258 g/mol. The average Bonchev–Trinajstić information content (AvgIpc) is 2.33. The van der Waals surface area contributed by atoms with E-state index in [-0.39, 0.29) is 11.1 Å². The highest BCUT2D eigenvalue weighted by molar-refractivity contribution is 5.65. The minimum absolute atomic E-state index is 0.253. The molecule has 0 aromatic heterocycles. The zero-order valence-electron chi connectivity index (χ0n) is 8.93. The summed E-state index contributed by atoms with van der Waals surface area (Å²) in [5.41, 5.74) is -1.06. The molecule has 18 heavy (non-hydrogen) atoms. The Morgan fingerprint density at radius 1 is 0.778 bits per heavy atom. The second-order valence-electron chi connectivity index (χ2n) is 3.64. The van der Waals surface area contributed by atoms with Gasteiger partial charge in [-0.1, -0.05) is 24.3 Å². The molecule has 0 unspecified atom stereocenters. The smallest absolute Gasteiger partial charge is 0.206 e. The van der Waals surface area contributed by atoms with Crippen molar-refractivity contribution in [2.75, 3.05) is 0 Å². The molecule has 0 aliphatic rings. The number of rotatable bonds is 2. The van der Waals surface area contributed by atoms with Crippen molar-refractivity contribution < 1.29 is 22.0 Å². The topological polar surface area (TPSA) is 0 Å². The van der Waals surface area contributed by atoms with E-state index in [1.54, 1.807) is 0 Å². The third-order valence-electron chi connectivity index (χ3n) is 2.49. The Balaban J connectivity index is 2.55. The van der Waals surface area contributed by atoms with E-state index >= 15 is 0 Å². The molecule has 0 radical (unpaired) electrons. The molecular formula is C13H7F5. The summed E-state index contributed by atoms with van der Waals surface area (Å²) < 4.78 is 64.7. The number of benzene rings is 2. The van der Waals surface area contributed by atoms with Gasteiger partial charge in [0.2, 0.25) is 0 Å². The molecule has 2 aromatic rings. The zero-order chi connectivity index (χ0) is 13.3. The van der Waals surface area contributed by atoms with Gasteiger partial charge in [0.25, 0.3) is 6.43 Å². The molecule has 0 heterocycles. The molecule has 2 aromatic carbocycles. The maximum Gasteiger partial charge on any atom is 0.263 e. The fourth-order valence-corrected chi connectivity index (χ4v) is 1.60. The molecule has 2 rings (SSSR count). The van der Waals surface area contributed by atoms with Gasteiger partial charge in [-0.3, -0.25) is 0 Å². The first kappa shape index (κ1) is 12.5. The third-order valence-corrected chi connectivity index (χ3v) is 2.49. The molecule has 0 bridgehead atoms. The van der Waals surface area contributed by atoms with Crippen LogP contribution in [0, 0.1) is 17.5 Å². The molecule has 0 atom stereocenters. The highest BCUT2D eigenvalue weighted by Gasteiger charge is 2.15. The van der Waals surface area contributed by atoms with E-state index in [0.29, 0.717) is 6.07 Å². The van der Waals surface area contributed by atoms with Crippen LogP contribution in [0.2, 0.25) is 0 Å². The van der Waals surface area contributed by atoms with E-state index in [4.69, 9.17) is 0 Å². The summed E-state index contributed by atoms with van der Waals surface area (Å²) in [6, 6.07) is 5.89. The summed E-state index contributed by atoms with van der Waals surface area (Å²) in [6.45, 7) is 0. The standard InChI is InChI=1S/C13H7F5/c14-10-3-1-2-9(12(10)16)8-5-4-7(13(17)18)6-11(8)15/h1-6,13H. The molecule has 0 spiro atoms. The summed E-state index contributed by atoms with van der Waals surface area (Å²) in [7, 11) is 0. The molecule has 0 fully saturated rings. The van der Waals surface area contributed by atoms with Gasteiger partial charge in [0.1, 0.15) is 5.82 Å². The number of halogens is 5. The lowest BCUT2D eigenvalue weighted by Gasteiger charge is -2.07. The van der Waals surface area contributed by atoms with Crippen LogP contribution in [0.1, 0.15) is 12.0 Å². The lowest BCUT2D eigenvalue weighted by Crippen LogP contribution is -1.94. The fraction of sp³-hybridized carbons (Fsp3) is 0.0769. The minimum atomic E-state index is -2.81. The van der Waals surface area contributed by atoms with Gasteiger partial charge < -0.3 is 0 Å². The summed E-state index contributed by atoms with van der Waals surface area (Å²) in [6.07, 6.45) is -2.81. The van der Waals surface area contributed by atoms with Crippen molar-refractivity contribution in [3.8, 4) is 11.1 Å². The fourth-order valence-electron chi connectivity index (χ4n) is 1.60. The second-order valence-corrected chi connectivity index (χ2v) is 3.64. The van der Waals surface area contributed by atoms with Gasteiger partial charge >= 0.3 is 0 Å². The first-order chi connectivity index (χ1) is 8.50. The molecule has 0 saturated heterocycles.